The van der Waals surface area contributed by atoms with Crippen molar-refractivity contribution >= 4 is 16.9 Å². The van der Waals surface area contributed by atoms with Gasteiger partial charge in [-0.05, 0) is 6.07 Å². The highest BCUT2D eigenvalue weighted by atomic mass is 16.3. The van der Waals surface area contributed by atoms with Crippen molar-refractivity contribution in [3.05, 3.63) is 42.4 Å². The van der Waals surface area contributed by atoms with Gasteiger partial charge in [0, 0.05) is 6.20 Å². The summed E-state index contributed by atoms with van der Waals surface area (Å²) in [7, 11) is 0. The second-order valence-corrected chi connectivity index (χ2v) is 3.97. The van der Waals surface area contributed by atoms with Gasteiger partial charge in [0.15, 0.2) is 0 Å². The molecule has 7 nitrogen and oxygen atoms in total. The number of rotatable bonds is 4. The number of anilines is 1. The Balaban J connectivity index is 1.76. The lowest BCUT2D eigenvalue weighted by Gasteiger charge is -2.05. The van der Waals surface area contributed by atoms with Crippen molar-refractivity contribution in [1.82, 2.24) is 24.9 Å². The maximum Gasteiger partial charge on any atom is 0.142 e. The lowest BCUT2D eigenvalue weighted by molar-refractivity contribution is 0.276. The van der Waals surface area contributed by atoms with Gasteiger partial charge >= 0.3 is 0 Å². The predicted molar refractivity (Wildman–Crippen MR) is 69.2 cm³/mol. The van der Waals surface area contributed by atoms with E-state index in [-0.39, 0.29) is 6.61 Å². The van der Waals surface area contributed by atoms with Crippen LogP contribution >= 0.6 is 0 Å². The zero-order valence-electron chi connectivity index (χ0n) is 10.0. The number of H-pyrrole nitrogens is 1. The summed E-state index contributed by atoms with van der Waals surface area (Å²) in [6.45, 7) is 0.409. The number of fused-ring (bicyclic) bond motifs is 1. The van der Waals surface area contributed by atoms with E-state index in [1.807, 2.05) is 12.3 Å². The van der Waals surface area contributed by atoms with E-state index in [4.69, 9.17) is 5.11 Å². The molecule has 0 unspecified atom stereocenters. The molecule has 0 aromatic carbocycles. The maximum atomic E-state index is 8.89. The molecule has 0 radical (unpaired) electrons. The molecule has 3 aromatic rings. The molecule has 0 spiro atoms. The third kappa shape index (κ3) is 2.36. The highest BCUT2D eigenvalue weighted by molar-refractivity contribution is 5.86. The van der Waals surface area contributed by atoms with Gasteiger partial charge < -0.3 is 15.4 Å². The van der Waals surface area contributed by atoms with Gasteiger partial charge in [0.1, 0.15) is 17.8 Å². The average molecular weight is 256 g/mol. The van der Waals surface area contributed by atoms with E-state index in [2.05, 4.69) is 30.2 Å². The van der Waals surface area contributed by atoms with Gasteiger partial charge in [0.05, 0.1) is 42.3 Å². The lowest BCUT2D eigenvalue weighted by Crippen LogP contribution is -2.05. The molecule has 0 amide bonds. The van der Waals surface area contributed by atoms with Crippen molar-refractivity contribution in [2.75, 3.05) is 5.32 Å². The molecule has 0 atom stereocenters. The standard InChI is InChI=1S/C12H12N6O/c19-6-9-5-14-8(3-15-9)4-16-12-10-1-2-13-11(10)17-7-18-12/h1-3,5,7,19H,4,6H2,(H2,13,16,17,18). The summed E-state index contributed by atoms with van der Waals surface area (Å²) in [5.41, 5.74) is 2.12. The number of hydrogen-bond acceptors (Lipinski definition) is 6. The minimum Gasteiger partial charge on any atom is -0.390 e. The van der Waals surface area contributed by atoms with Crippen LogP contribution in [-0.2, 0) is 13.2 Å². The van der Waals surface area contributed by atoms with Crippen molar-refractivity contribution in [1.29, 1.82) is 0 Å². The first-order chi connectivity index (χ1) is 9.36. The van der Waals surface area contributed by atoms with Crippen LogP contribution in [0.4, 0.5) is 5.82 Å². The molecule has 0 aliphatic rings. The number of aliphatic hydroxyl groups excluding tert-OH is 1. The molecule has 0 aliphatic carbocycles. The van der Waals surface area contributed by atoms with Crippen LogP contribution in [0.1, 0.15) is 11.4 Å². The van der Waals surface area contributed by atoms with Crippen LogP contribution in [0.5, 0.6) is 0 Å². The fraction of sp³-hybridized carbons (Fsp3) is 0.167. The van der Waals surface area contributed by atoms with E-state index in [1.54, 1.807) is 12.4 Å². The van der Waals surface area contributed by atoms with Gasteiger partial charge in [0.25, 0.3) is 0 Å². The van der Waals surface area contributed by atoms with Gasteiger partial charge in [-0.3, -0.25) is 9.97 Å². The van der Waals surface area contributed by atoms with E-state index in [1.165, 1.54) is 6.33 Å². The summed E-state index contributed by atoms with van der Waals surface area (Å²) in [5, 5.41) is 13.0. The number of hydrogen-bond donors (Lipinski definition) is 3. The molecule has 0 bridgehead atoms. The molecule has 7 heteroatoms. The van der Waals surface area contributed by atoms with Gasteiger partial charge in [-0.2, -0.15) is 0 Å². The zero-order chi connectivity index (χ0) is 13.1. The highest BCUT2D eigenvalue weighted by Crippen LogP contribution is 2.17. The molecule has 3 heterocycles. The third-order valence-corrected chi connectivity index (χ3v) is 2.71. The summed E-state index contributed by atoms with van der Waals surface area (Å²) < 4.78 is 0. The van der Waals surface area contributed by atoms with Gasteiger partial charge in [-0.15, -0.1) is 0 Å². The van der Waals surface area contributed by atoms with Crippen LogP contribution in [0.15, 0.2) is 31.0 Å². The Hall–Kier alpha value is -2.54. The quantitative estimate of drug-likeness (QED) is 0.640. The van der Waals surface area contributed by atoms with E-state index in [9.17, 15) is 0 Å². The number of aromatic nitrogens is 5. The smallest absolute Gasteiger partial charge is 0.142 e. The van der Waals surface area contributed by atoms with E-state index in [0.29, 0.717) is 12.2 Å². The molecule has 0 saturated carbocycles. The van der Waals surface area contributed by atoms with Crippen LogP contribution in [0.3, 0.4) is 0 Å². The summed E-state index contributed by atoms with van der Waals surface area (Å²) in [6.07, 6.45) is 6.51. The van der Waals surface area contributed by atoms with E-state index in [0.717, 1.165) is 22.5 Å². The molecular formula is C12H12N6O. The molecule has 19 heavy (non-hydrogen) atoms. The van der Waals surface area contributed by atoms with Crippen molar-refractivity contribution in [2.24, 2.45) is 0 Å². The Morgan fingerprint density at radius 3 is 2.74 bits per heavy atom. The van der Waals surface area contributed by atoms with Gasteiger partial charge in [-0.1, -0.05) is 0 Å². The Morgan fingerprint density at radius 2 is 1.95 bits per heavy atom. The molecule has 0 aliphatic heterocycles. The first kappa shape index (κ1) is 11.5. The molecule has 0 fully saturated rings. The van der Waals surface area contributed by atoms with Gasteiger partial charge in [0.2, 0.25) is 0 Å². The number of aromatic amines is 1. The Bertz CT molecular complexity index is 678. The van der Waals surface area contributed by atoms with Crippen LogP contribution in [0.25, 0.3) is 11.0 Å². The fourth-order valence-electron chi connectivity index (χ4n) is 1.74. The molecular weight excluding hydrogens is 244 g/mol. The fourth-order valence-corrected chi connectivity index (χ4v) is 1.74. The van der Waals surface area contributed by atoms with E-state index >= 15 is 0 Å². The monoisotopic (exact) mass is 256 g/mol. The lowest BCUT2D eigenvalue weighted by atomic mass is 10.3. The zero-order valence-corrected chi connectivity index (χ0v) is 10.0. The van der Waals surface area contributed by atoms with Crippen LogP contribution < -0.4 is 5.32 Å². The van der Waals surface area contributed by atoms with Crippen molar-refractivity contribution < 1.29 is 5.11 Å². The number of nitrogens with zero attached hydrogens (tertiary/aromatic N) is 4. The molecule has 96 valence electrons. The highest BCUT2D eigenvalue weighted by Gasteiger charge is 2.04. The second-order valence-electron chi connectivity index (χ2n) is 3.97. The maximum absolute atomic E-state index is 8.89. The van der Waals surface area contributed by atoms with Crippen molar-refractivity contribution in [3.63, 3.8) is 0 Å². The number of aliphatic hydroxyl groups is 1. The normalized spacial score (nSPS) is 10.8. The minimum atomic E-state index is -0.101. The Morgan fingerprint density at radius 1 is 1.11 bits per heavy atom. The van der Waals surface area contributed by atoms with Gasteiger partial charge in [-0.25, -0.2) is 9.97 Å². The average Bonchev–Trinajstić information content (AvgIpc) is 2.94. The van der Waals surface area contributed by atoms with Crippen molar-refractivity contribution in [2.45, 2.75) is 13.2 Å². The Labute approximate surface area is 108 Å². The first-order valence-corrected chi connectivity index (χ1v) is 5.79. The first-order valence-electron chi connectivity index (χ1n) is 5.79. The topological polar surface area (TPSA) is 99.6 Å². The minimum absolute atomic E-state index is 0.101. The predicted octanol–water partition coefficient (Wildman–Crippen LogP) is 0.852. The number of nitrogens with one attached hydrogen (secondary N) is 2. The SMILES string of the molecule is OCc1cnc(CNc2ncnc3[nH]ccc23)cn1. The molecule has 0 saturated heterocycles. The van der Waals surface area contributed by atoms with Crippen LogP contribution in [0.2, 0.25) is 0 Å². The van der Waals surface area contributed by atoms with Crippen LogP contribution in [0, 0.1) is 0 Å². The summed E-state index contributed by atoms with van der Waals surface area (Å²) in [6, 6.07) is 1.91. The third-order valence-electron chi connectivity index (χ3n) is 2.71. The summed E-state index contributed by atoms with van der Waals surface area (Å²) >= 11 is 0. The van der Waals surface area contributed by atoms with Crippen LogP contribution in [-0.4, -0.2) is 30.0 Å². The molecule has 3 N–H and O–H groups in total. The van der Waals surface area contributed by atoms with Crippen molar-refractivity contribution in [3.8, 4) is 0 Å². The second kappa shape index (κ2) is 4.99. The molecule has 3 rings (SSSR count). The summed E-state index contributed by atoms with van der Waals surface area (Å²) in [4.78, 5) is 19.6. The summed E-state index contributed by atoms with van der Waals surface area (Å²) in [5.74, 6) is 0.749. The Kier molecular flexibility index (Phi) is 3.03. The van der Waals surface area contributed by atoms with E-state index < -0.39 is 0 Å². The largest absolute Gasteiger partial charge is 0.390 e. The molecule has 3 aromatic heterocycles.